The minimum absolute atomic E-state index is 0.000300. The van der Waals surface area contributed by atoms with Gasteiger partial charge in [-0.2, -0.15) is 5.10 Å². The Morgan fingerprint density at radius 2 is 1.76 bits per heavy atom. The van der Waals surface area contributed by atoms with E-state index in [-0.39, 0.29) is 48.5 Å². The molecule has 216 valence electrons. The van der Waals surface area contributed by atoms with E-state index in [9.17, 15) is 19.6 Å². The van der Waals surface area contributed by atoms with Crippen LogP contribution in [0.1, 0.15) is 28.4 Å². The molecular formula is C31H30ClN4O6+. The summed E-state index contributed by atoms with van der Waals surface area (Å²) in [4.78, 5) is 44.5. The van der Waals surface area contributed by atoms with Gasteiger partial charge in [0.2, 0.25) is 4.92 Å². The molecule has 0 atom stereocenters. The Labute approximate surface area is 247 Å². The average Bonchev–Trinajstić information content (AvgIpc) is 3.00. The SMILES string of the molecule is CCO[N+](=O)CCN(Cc1ccccc1)C(=O)COc1ccc(/C=N/NC(=O)c2ccc(O)c(Cl)c2)c2ccccc12. The number of nitrogens with one attached hydrogen (secondary N) is 1. The third kappa shape index (κ3) is 8.05. The van der Waals surface area contributed by atoms with Crippen molar-refractivity contribution in [2.75, 3.05) is 26.3 Å². The van der Waals surface area contributed by atoms with Crippen LogP contribution in [0.15, 0.2) is 90.0 Å². The van der Waals surface area contributed by atoms with Gasteiger partial charge in [0.1, 0.15) is 11.5 Å². The van der Waals surface area contributed by atoms with Crippen molar-refractivity contribution in [3.05, 3.63) is 112 Å². The number of phenols is 1. The number of halogens is 1. The van der Waals surface area contributed by atoms with Crippen LogP contribution in [0.3, 0.4) is 0 Å². The molecule has 0 fully saturated rings. The lowest BCUT2D eigenvalue weighted by Crippen LogP contribution is -2.38. The summed E-state index contributed by atoms with van der Waals surface area (Å²) in [5, 5.41) is 15.2. The molecule has 0 aliphatic rings. The summed E-state index contributed by atoms with van der Waals surface area (Å²) in [5.41, 5.74) is 4.33. The highest BCUT2D eigenvalue weighted by molar-refractivity contribution is 6.32. The number of hydrogen-bond donors (Lipinski definition) is 2. The number of ether oxygens (including phenoxy) is 1. The van der Waals surface area contributed by atoms with Gasteiger partial charge in [-0.3, -0.25) is 9.59 Å². The van der Waals surface area contributed by atoms with Gasteiger partial charge in [0.05, 0.1) is 22.7 Å². The van der Waals surface area contributed by atoms with Gasteiger partial charge < -0.3 is 14.7 Å². The monoisotopic (exact) mass is 589 g/mol. The Morgan fingerprint density at radius 3 is 2.50 bits per heavy atom. The summed E-state index contributed by atoms with van der Waals surface area (Å²) in [6.07, 6.45) is 1.51. The molecule has 0 aliphatic heterocycles. The lowest BCUT2D eigenvalue weighted by Gasteiger charge is -2.21. The quantitative estimate of drug-likeness (QED) is 0.165. The third-order valence-electron chi connectivity index (χ3n) is 6.24. The van der Waals surface area contributed by atoms with Crippen LogP contribution < -0.4 is 10.2 Å². The number of rotatable bonds is 13. The molecule has 0 aliphatic carbocycles. The van der Waals surface area contributed by atoms with E-state index in [1.54, 1.807) is 24.0 Å². The van der Waals surface area contributed by atoms with E-state index in [0.717, 1.165) is 16.3 Å². The zero-order valence-electron chi connectivity index (χ0n) is 22.9. The van der Waals surface area contributed by atoms with Gasteiger partial charge in [0.25, 0.3) is 18.4 Å². The highest BCUT2D eigenvalue weighted by Gasteiger charge is 2.20. The fraction of sp³-hybridized carbons (Fsp3) is 0.194. The first-order chi connectivity index (χ1) is 20.4. The summed E-state index contributed by atoms with van der Waals surface area (Å²) in [6, 6.07) is 24.6. The first-order valence-corrected chi connectivity index (χ1v) is 13.6. The van der Waals surface area contributed by atoms with Crippen molar-refractivity contribution in [1.29, 1.82) is 0 Å². The highest BCUT2D eigenvalue weighted by Crippen LogP contribution is 2.28. The van der Waals surface area contributed by atoms with Crippen molar-refractivity contribution in [2.45, 2.75) is 13.5 Å². The number of carbonyl (C=O) groups excluding carboxylic acids is 2. The molecule has 11 heteroatoms. The zero-order valence-corrected chi connectivity index (χ0v) is 23.7. The number of nitrogens with zero attached hydrogens (tertiary/aromatic N) is 3. The predicted molar refractivity (Wildman–Crippen MR) is 160 cm³/mol. The molecule has 10 nitrogen and oxygen atoms in total. The minimum atomic E-state index is -0.489. The molecule has 42 heavy (non-hydrogen) atoms. The Kier molecular flexibility index (Phi) is 10.4. The molecule has 0 saturated heterocycles. The van der Waals surface area contributed by atoms with Crippen molar-refractivity contribution < 1.29 is 29.2 Å². The molecule has 0 spiro atoms. The molecular weight excluding hydrogens is 560 g/mol. The lowest BCUT2D eigenvalue weighted by molar-refractivity contribution is -0.801. The molecule has 0 saturated carbocycles. The summed E-state index contributed by atoms with van der Waals surface area (Å²) in [7, 11) is 0. The van der Waals surface area contributed by atoms with Crippen LogP contribution >= 0.6 is 11.6 Å². The standard InChI is InChI=1S/C31H29ClN4O6/c1-2-42-36(40)17-16-35(20-22-8-4-3-5-9-22)30(38)21-41-29-15-13-24(25-10-6-7-11-26(25)29)19-33-34-31(39)23-12-14-28(37)27(32)18-23/h3-15,18-19H,2,16-17,20-21H2,1H3,(H-,34,37,39)/p+1/b33-19+. The van der Waals surface area contributed by atoms with E-state index in [2.05, 4.69) is 10.5 Å². The number of benzene rings is 4. The normalized spacial score (nSPS) is 10.9. The van der Waals surface area contributed by atoms with E-state index < -0.39 is 5.91 Å². The number of aromatic hydroxyl groups is 1. The maximum atomic E-state index is 13.2. The van der Waals surface area contributed by atoms with Gasteiger partial charge in [-0.05, 0) is 48.2 Å². The fourth-order valence-electron chi connectivity index (χ4n) is 4.14. The second kappa shape index (κ2) is 14.6. The van der Waals surface area contributed by atoms with Crippen LogP contribution in [0.2, 0.25) is 5.02 Å². The molecule has 2 N–H and O–H groups in total. The van der Waals surface area contributed by atoms with Crippen molar-refractivity contribution in [3.8, 4) is 11.5 Å². The van der Waals surface area contributed by atoms with Gasteiger partial charge in [-0.25, -0.2) is 10.3 Å². The first-order valence-electron chi connectivity index (χ1n) is 13.2. The largest absolute Gasteiger partial charge is 0.506 e. The Bertz CT molecular complexity index is 1600. The van der Waals surface area contributed by atoms with Crippen LogP contribution in [0, 0.1) is 4.91 Å². The van der Waals surface area contributed by atoms with Crippen molar-refractivity contribution in [2.24, 2.45) is 5.10 Å². The Morgan fingerprint density at radius 1 is 1.02 bits per heavy atom. The number of amides is 2. The minimum Gasteiger partial charge on any atom is -0.506 e. The second-order valence-electron chi connectivity index (χ2n) is 9.13. The van der Waals surface area contributed by atoms with E-state index in [4.69, 9.17) is 21.2 Å². The van der Waals surface area contributed by atoms with Gasteiger partial charge in [0, 0.05) is 23.1 Å². The van der Waals surface area contributed by atoms with Gasteiger partial charge in [-0.15, -0.1) is 0 Å². The van der Waals surface area contributed by atoms with E-state index in [1.165, 1.54) is 24.4 Å². The van der Waals surface area contributed by atoms with Gasteiger partial charge in [-0.1, -0.05) is 66.2 Å². The van der Waals surface area contributed by atoms with Crippen LogP contribution in [0.5, 0.6) is 11.5 Å². The number of carbonyl (C=O) groups is 2. The summed E-state index contributed by atoms with van der Waals surface area (Å²) < 4.78 is 5.97. The smallest absolute Gasteiger partial charge is 0.271 e. The molecule has 4 rings (SSSR count). The summed E-state index contributed by atoms with van der Waals surface area (Å²) in [5.74, 6) is -0.391. The number of fused-ring (bicyclic) bond motifs is 1. The molecule has 0 unspecified atom stereocenters. The molecule has 0 bridgehead atoms. The molecule has 2 amide bonds. The zero-order chi connectivity index (χ0) is 29.9. The highest BCUT2D eigenvalue weighted by atomic mass is 35.5. The van der Waals surface area contributed by atoms with Crippen molar-refractivity contribution >= 4 is 40.4 Å². The predicted octanol–water partition coefficient (Wildman–Crippen LogP) is 5.10. The van der Waals surface area contributed by atoms with E-state index in [1.807, 2.05) is 54.6 Å². The fourth-order valence-corrected chi connectivity index (χ4v) is 4.32. The maximum Gasteiger partial charge on any atom is 0.271 e. The first kappa shape index (κ1) is 30.0. The molecule has 4 aromatic carbocycles. The van der Waals surface area contributed by atoms with Crippen LogP contribution in [0.4, 0.5) is 0 Å². The average molecular weight is 590 g/mol. The Balaban J connectivity index is 1.45. The molecule has 0 heterocycles. The number of hydrazone groups is 1. The second-order valence-corrected chi connectivity index (χ2v) is 9.53. The third-order valence-corrected chi connectivity index (χ3v) is 6.55. The summed E-state index contributed by atoms with van der Waals surface area (Å²) >= 11 is 5.88. The van der Waals surface area contributed by atoms with Crippen LogP contribution in [-0.2, 0) is 16.2 Å². The van der Waals surface area contributed by atoms with Gasteiger partial charge >= 0.3 is 0 Å². The number of hydrogen-bond acceptors (Lipinski definition) is 7. The van der Waals surface area contributed by atoms with Crippen LogP contribution in [0.25, 0.3) is 10.8 Å². The van der Waals surface area contributed by atoms with Crippen molar-refractivity contribution in [1.82, 2.24) is 10.3 Å². The Hall–Kier alpha value is -4.96. The van der Waals surface area contributed by atoms with E-state index >= 15 is 0 Å². The molecule has 4 aromatic rings. The van der Waals surface area contributed by atoms with E-state index in [0.29, 0.717) is 22.8 Å². The number of phenolic OH excluding ortho intramolecular Hbond substituents is 1. The van der Waals surface area contributed by atoms with Crippen molar-refractivity contribution in [3.63, 3.8) is 0 Å². The van der Waals surface area contributed by atoms with Gasteiger partial charge in [0.15, 0.2) is 13.2 Å². The maximum absolute atomic E-state index is 13.2. The lowest BCUT2D eigenvalue weighted by atomic mass is 10.0. The topological polar surface area (TPSA) is 121 Å². The summed E-state index contributed by atoms with van der Waals surface area (Å²) in [6.45, 7) is 2.21. The molecule has 0 aromatic heterocycles. The van der Waals surface area contributed by atoms with Crippen LogP contribution in [-0.4, -0.2) is 59.3 Å². The molecule has 0 radical (unpaired) electrons.